The summed E-state index contributed by atoms with van der Waals surface area (Å²) in [5.74, 6) is -0.468. The fourth-order valence-electron chi connectivity index (χ4n) is 2.42. The molecule has 2 aromatic carbocycles. The number of rotatable bonds is 5. The van der Waals surface area contributed by atoms with Gasteiger partial charge in [0.15, 0.2) is 5.16 Å². The summed E-state index contributed by atoms with van der Waals surface area (Å²) in [5, 5.41) is 0.957. The molecule has 0 spiro atoms. The molecule has 0 fully saturated rings. The van der Waals surface area contributed by atoms with Crippen LogP contribution in [-0.4, -0.2) is 20.7 Å². The lowest BCUT2D eigenvalue weighted by Crippen LogP contribution is -2.27. The highest BCUT2D eigenvalue weighted by atomic mass is 79.9. The molecule has 0 aliphatic carbocycles. The minimum absolute atomic E-state index is 0.199. The SMILES string of the molecule is CC(Sc1nc2ccc(Br)cc2c(=O)n1Cc1ccccc1Cl)C(N)=O. The van der Waals surface area contributed by atoms with Crippen LogP contribution in [0.2, 0.25) is 5.02 Å². The number of amides is 1. The van der Waals surface area contributed by atoms with E-state index >= 15 is 0 Å². The summed E-state index contributed by atoms with van der Waals surface area (Å²) >= 11 is 10.8. The lowest BCUT2D eigenvalue weighted by atomic mass is 10.2. The van der Waals surface area contributed by atoms with Gasteiger partial charge in [-0.15, -0.1) is 0 Å². The summed E-state index contributed by atoms with van der Waals surface area (Å²) in [4.78, 5) is 29.2. The molecule has 5 nitrogen and oxygen atoms in total. The fourth-order valence-corrected chi connectivity index (χ4v) is 3.83. The van der Waals surface area contributed by atoms with Crippen LogP contribution in [0.3, 0.4) is 0 Å². The van der Waals surface area contributed by atoms with Gasteiger partial charge < -0.3 is 5.73 Å². The van der Waals surface area contributed by atoms with Gasteiger partial charge >= 0.3 is 0 Å². The first kappa shape index (κ1) is 18.9. The summed E-state index contributed by atoms with van der Waals surface area (Å²) in [6.07, 6.45) is 0. The Hall–Kier alpha value is -1.83. The quantitative estimate of drug-likeness (QED) is 0.471. The predicted octanol–water partition coefficient (Wildman–Crippen LogP) is 3.83. The number of carbonyl (C=O) groups is 1. The van der Waals surface area contributed by atoms with Crippen molar-refractivity contribution in [2.45, 2.75) is 23.9 Å². The van der Waals surface area contributed by atoms with Gasteiger partial charge in [-0.2, -0.15) is 0 Å². The maximum Gasteiger partial charge on any atom is 0.262 e. The largest absolute Gasteiger partial charge is 0.369 e. The van der Waals surface area contributed by atoms with Crippen LogP contribution in [0, 0.1) is 0 Å². The summed E-state index contributed by atoms with van der Waals surface area (Å²) in [5.41, 5.74) is 6.54. The van der Waals surface area contributed by atoms with Gasteiger partial charge in [0, 0.05) is 9.50 Å². The minimum atomic E-state index is -0.521. The third kappa shape index (κ3) is 3.95. The Bertz CT molecular complexity index is 1050. The van der Waals surface area contributed by atoms with Crippen LogP contribution in [0.5, 0.6) is 0 Å². The van der Waals surface area contributed by atoms with Gasteiger partial charge in [0.05, 0.1) is 22.7 Å². The predicted molar refractivity (Wildman–Crippen MR) is 109 cm³/mol. The molecule has 0 saturated carbocycles. The second-order valence-electron chi connectivity index (χ2n) is 5.70. The topological polar surface area (TPSA) is 78.0 Å². The molecule has 1 atom stereocenters. The molecule has 3 rings (SSSR count). The minimum Gasteiger partial charge on any atom is -0.369 e. The van der Waals surface area contributed by atoms with Gasteiger partial charge in [-0.25, -0.2) is 4.98 Å². The highest BCUT2D eigenvalue weighted by molar-refractivity contribution is 9.10. The van der Waals surface area contributed by atoms with E-state index in [1.807, 2.05) is 24.3 Å². The van der Waals surface area contributed by atoms with E-state index in [2.05, 4.69) is 20.9 Å². The number of nitrogens with two attached hydrogens (primary N) is 1. The van der Waals surface area contributed by atoms with Crippen molar-refractivity contribution in [1.82, 2.24) is 9.55 Å². The molecule has 1 aromatic heterocycles. The number of benzene rings is 2. The molecule has 0 aliphatic rings. The Balaban J connectivity index is 2.19. The number of primary amides is 1. The number of hydrogen-bond acceptors (Lipinski definition) is 4. The Kier molecular flexibility index (Phi) is 5.70. The standard InChI is InChI=1S/C18H15BrClN3O2S/c1-10(16(21)24)26-18-22-15-7-6-12(19)8-13(15)17(25)23(18)9-11-4-2-3-5-14(11)20/h2-8,10H,9H2,1H3,(H2,21,24). The Morgan fingerprint density at radius 3 is 2.77 bits per heavy atom. The number of thioether (sulfide) groups is 1. The van der Waals surface area contributed by atoms with Gasteiger partial charge in [0.25, 0.3) is 5.56 Å². The molecular weight excluding hydrogens is 438 g/mol. The molecule has 0 radical (unpaired) electrons. The van der Waals surface area contributed by atoms with Crippen molar-refractivity contribution in [1.29, 1.82) is 0 Å². The van der Waals surface area contributed by atoms with Crippen molar-refractivity contribution in [3.05, 3.63) is 67.9 Å². The average molecular weight is 453 g/mol. The molecule has 134 valence electrons. The molecule has 1 amide bonds. The van der Waals surface area contributed by atoms with E-state index in [1.165, 1.54) is 4.57 Å². The molecule has 0 bridgehead atoms. The van der Waals surface area contributed by atoms with Crippen LogP contribution in [0.25, 0.3) is 10.9 Å². The zero-order valence-electron chi connectivity index (χ0n) is 13.8. The van der Waals surface area contributed by atoms with E-state index in [9.17, 15) is 9.59 Å². The van der Waals surface area contributed by atoms with E-state index < -0.39 is 11.2 Å². The molecular formula is C18H15BrClN3O2S. The van der Waals surface area contributed by atoms with Crippen LogP contribution < -0.4 is 11.3 Å². The number of halogens is 2. The smallest absolute Gasteiger partial charge is 0.262 e. The molecule has 1 heterocycles. The Labute approximate surface area is 167 Å². The van der Waals surface area contributed by atoms with E-state index in [1.54, 1.807) is 25.1 Å². The fraction of sp³-hybridized carbons (Fsp3) is 0.167. The second-order valence-corrected chi connectivity index (χ2v) is 8.33. The summed E-state index contributed by atoms with van der Waals surface area (Å²) in [6, 6.07) is 12.6. The maximum absolute atomic E-state index is 13.1. The molecule has 3 aromatic rings. The van der Waals surface area contributed by atoms with E-state index in [0.29, 0.717) is 21.1 Å². The summed E-state index contributed by atoms with van der Waals surface area (Å²) < 4.78 is 2.32. The van der Waals surface area contributed by atoms with E-state index in [4.69, 9.17) is 17.3 Å². The van der Waals surface area contributed by atoms with Gasteiger partial charge in [-0.1, -0.05) is 57.5 Å². The van der Waals surface area contributed by atoms with E-state index in [-0.39, 0.29) is 12.1 Å². The number of nitrogens with zero attached hydrogens (tertiary/aromatic N) is 2. The van der Waals surface area contributed by atoms with E-state index in [0.717, 1.165) is 21.8 Å². The molecule has 8 heteroatoms. The van der Waals surface area contributed by atoms with Crippen molar-refractivity contribution in [3.63, 3.8) is 0 Å². The lowest BCUT2D eigenvalue weighted by Gasteiger charge is -2.15. The lowest BCUT2D eigenvalue weighted by molar-refractivity contribution is -0.117. The Morgan fingerprint density at radius 2 is 2.08 bits per heavy atom. The normalized spacial score (nSPS) is 12.3. The molecule has 26 heavy (non-hydrogen) atoms. The molecule has 1 unspecified atom stereocenters. The molecule has 0 aliphatic heterocycles. The van der Waals surface area contributed by atoms with Crippen LogP contribution >= 0.6 is 39.3 Å². The van der Waals surface area contributed by atoms with Gasteiger partial charge in [-0.3, -0.25) is 14.2 Å². The third-order valence-corrected chi connectivity index (χ3v) is 5.82. The first-order valence-corrected chi connectivity index (χ1v) is 9.81. The first-order chi connectivity index (χ1) is 12.4. The van der Waals surface area contributed by atoms with Crippen LogP contribution in [0.1, 0.15) is 12.5 Å². The highest BCUT2D eigenvalue weighted by Gasteiger charge is 2.18. The highest BCUT2D eigenvalue weighted by Crippen LogP contribution is 2.25. The van der Waals surface area contributed by atoms with Crippen molar-refractivity contribution in [2.24, 2.45) is 5.73 Å². The monoisotopic (exact) mass is 451 g/mol. The number of carbonyl (C=O) groups excluding carboxylic acids is 1. The zero-order chi connectivity index (χ0) is 18.8. The van der Waals surface area contributed by atoms with Crippen LogP contribution in [-0.2, 0) is 11.3 Å². The number of aromatic nitrogens is 2. The van der Waals surface area contributed by atoms with Crippen molar-refractivity contribution >= 4 is 56.1 Å². The third-order valence-electron chi connectivity index (χ3n) is 3.85. The first-order valence-electron chi connectivity index (χ1n) is 7.76. The number of hydrogen-bond donors (Lipinski definition) is 1. The average Bonchev–Trinajstić information content (AvgIpc) is 2.60. The summed E-state index contributed by atoms with van der Waals surface area (Å²) in [6.45, 7) is 1.94. The number of fused-ring (bicyclic) bond motifs is 1. The molecule has 0 saturated heterocycles. The van der Waals surface area contributed by atoms with Crippen molar-refractivity contribution < 1.29 is 4.79 Å². The van der Waals surface area contributed by atoms with Crippen molar-refractivity contribution in [2.75, 3.05) is 0 Å². The second kappa shape index (κ2) is 7.82. The zero-order valence-corrected chi connectivity index (χ0v) is 16.9. The van der Waals surface area contributed by atoms with Crippen molar-refractivity contribution in [3.8, 4) is 0 Å². The van der Waals surface area contributed by atoms with Gasteiger partial charge in [0.1, 0.15) is 0 Å². The maximum atomic E-state index is 13.1. The summed E-state index contributed by atoms with van der Waals surface area (Å²) in [7, 11) is 0. The van der Waals surface area contributed by atoms with Gasteiger partial charge in [-0.05, 0) is 36.8 Å². The van der Waals surface area contributed by atoms with Gasteiger partial charge in [0.2, 0.25) is 5.91 Å². The van der Waals surface area contributed by atoms with Crippen LogP contribution in [0.4, 0.5) is 0 Å². The Morgan fingerprint density at radius 1 is 1.35 bits per heavy atom. The molecule has 2 N–H and O–H groups in total. The van der Waals surface area contributed by atoms with Crippen LogP contribution in [0.15, 0.2) is 56.9 Å².